The van der Waals surface area contributed by atoms with Crippen LogP contribution in [0.2, 0.25) is 0 Å². The van der Waals surface area contributed by atoms with E-state index in [4.69, 9.17) is 10.2 Å². The minimum absolute atomic E-state index is 0.303. The third-order valence-electron chi connectivity index (χ3n) is 4.28. The molecule has 0 saturated heterocycles. The zero-order valence-corrected chi connectivity index (χ0v) is 15.3. The number of allylic oxidation sites excluding steroid dienone is 2. The summed E-state index contributed by atoms with van der Waals surface area (Å²) >= 11 is 0. The summed E-state index contributed by atoms with van der Waals surface area (Å²) in [5.74, 6) is -0.749. The summed E-state index contributed by atoms with van der Waals surface area (Å²) < 4.78 is 0. The summed E-state index contributed by atoms with van der Waals surface area (Å²) in [6, 6.07) is 0. The van der Waals surface area contributed by atoms with Gasteiger partial charge in [-0.2, -0.15) is 0 Å². The standard InChI is InChI=1S/C20H36O4/c1-18(15-11-7-5-9-13-17-20(23)24)14-10-6-3-2-4-8-12-16-19(21)22/h10,14,18H,2-9,11-13,15-17H2,1H3,(H,21,22)(H,23,24). The van der Waals surface area contributed by atoms with Crippen LogP contribution in [0.15, 0.2) is 12.2 Å². The van der Waals surface area contributed by atoms with Crippen LogP contribution in [-0.2, 0) is 9.59 Å². The second kappa shape index (κ2) is 16.5. The lowest BCUT2D eigenvalue weighted by Gasteiger charge is -2.06. The summed E-state index contributed by atoms with van der Waals surface area (Å²) in [5, 5.41) is 17.1. The van der Waals surface area contributed by atoms with Crippen LogP contribution in [0.4, 0.5) is 0 Å². The van der Waals surface area contributed by atoms with Gasteiger partial charge in [-0.15, -0.1) is 0 Å². The van der Waals surface area contributed by atoms with Crippen molar-refractivity contribution < 1.29 is 19.8 Å². The molecule has 0 saturated carbocycles. The van der Waals surface area contributed by atoms with E-state index in [2.05, 4.69) is 19.1 Å². The van der Waals surface area contributed by atoms with Crippen molar-refractivity contribution in [1.29, 1.82) is 0 Å². The van der Waals surface area contributed by atoms with Gasteiger partial charge >= 0.3 is 11.9 Å². The lowest BCUT2D eigenvalue weighted by atomic mass is 10.0. The van der Waals surface area contributed by atoms with Gasteiger partial charge in [0, 0.05) is 12.8 Å². The molecule has 4 nitrogen and oxygen atoms in total. The van der Waals surface area contributed by atoms with Crippen LogP contribution >= 0.6 is 0 Å². The van der Waals surface area contributed by atoms with Crippen molar-refractivity contribution >= 4 is 11.9 Å². The molecule has 4 heteroatoms. The van der Waals surface area contributed by atoms with E-state index in [-0.39, 0.29) is 0 Å². The van der Waals surface area contributed by atoms with Gasteiger partial charge in [0.2, 0.25) is 0 Å². The van der Waals surface area contributed by atoms with Crippen molar-refractivity contribution in [3.8, 4) is 0 Å². The van der Waals surface area contributed by atoms with Crippen LogP contribution in [0.5, 0.6) is 0 Å². The Morgan fingerprint density at radius 2 is 1.21 bits per heavy atom. The topological polar surface area (TPSA) is 74.6 Å². The third kappa shape index (κ3) is 18.7. The summed E-state index contributed by atoms with van der Waals surface area (Å²) in [4.78, 5) is 20.8. The van der Waals surface area contributed by atoms with Crippen LogP contribution in [0.25, 0.3) is 0 Å². The summed E-state index contributed by atoms with van der Waals surface area (Å²) in [7, 11) is 0. The van der Waals surface area contributed by atoms with Crippen LogP contribution < -0.4 is 0 Å². The first kappa shape index (κ1) is 22.7. The van der Waals surface area contributed by atoms with Gasteiger partial charge in [0.25, 0.3) is 0 Å². The summed E-state index contributed by atoms with van der Waals surface area (Å²) in [5.41, 5.74) is 0. The van der Waals surface area contributed by atoms with Gasteiger partial charge in [0.05, 0.1) is 0 Å². The molecule has 0 aromatic carbocycles. The average molecular weight is 341 g/mol. The number of carboxylic acid groups (broad SMARTS) is 2. The molecule has 0 spiro atoms. The molecular formula is C20H36O4. The lowest BCUT2D eigenvalue weighted by molar-refractivity contribution is -0.138. The van der Waals surface area contributed by atoms with Crippen LogP contribution in [0.1, 0.15) is 96.8 Å². The van der Waals surface area contributed by atoms with E-state index in [1.165, 1.54) is 32.1 Å². The quantitative estimate of drug-likeness (QED) is 0.259. The number of hydrogen-bond donors (Lipinski definition) is 2. The number of hydrogen-bond acceptors (Lipinski definition) is 2. The summed E-state index contributed by atoms with van der Waals surface area (Å²) in [6.07, 6.45) is 18.3. The Kier molecular flexibility index (Phi) is 15.6. The molecule has 2 N–H and O–H groups in total. The number of carboxylic acids is 2. The maximum absolute atomic E-state index is 10.4. The summed E-state index contributed by atoms with van der Waals surface area (Å²) in [6.45, 7) is 2.26. The molecule has 0 amide bonds. The molecule has 0 bridgehead atoms. The monoisotopic (exact) mass is 340 g/mol. The normalized spacial score (nSPS) is 12.5. The number of aliphatic carboxylic acids is 2. The first-order valence-electron chi connectivity index (χ1n) is 9.62. The Morgan fingerprint density at radius 1 is 0.750 bits per heavy atom. The lowest BCUT2D eigenvalue weighted by Crippen LogP contribution is -1.94. The van der Waals surface area contributed by atoms with E-state index in [0.717, 1.165) is 44.9 Å². The molecule has 1 unspecified atom stereocenters. The molecule has 0 aliphatic rings. The minimum Gasteiger partial charge on any atom is -0.481 e. The molecule has 140 valence electrons. The van der Waals surface area contributed by atoms with Gasteiger partial charge in [-0.25, -0.2) is 0 Å². The Hall–Kier alpha value is -1.32. The zero-order valence-electron chi connectivity index (χ0n) is 15.3. The van der Waals surface area contributed by atoms with E-state index in [1.807, 2.05) is 0 Å². The van der Waals surface area contributed by atoms with Gasteiger partial charge in [0.15, 0.2) is 0 Å². The van der Waals surface area contributed by atoms with Crippen LogP contribution in [0, 0.1) is 5.92 Å². The number of unbranched alkanes of at least 4 members (excludes halogenated alkanes) is 9. The number of carbonyl (C=O) groups is 2. The fraction of sp³-hybridized carbons (Fsp3) is 0.800. The SMILES string of the molecule is CC(C=CCCCCCCCC(=O)O)CCCCCCCC(=O)O. The highest BCUT2D eigenvalue weighted by atomic mass is 16.4. The van der Waals surface area contributed by atoms with E-state index in [0.29, 0.717) is 18.8 Å². The molecule has 0 aromatic heterocycles. The van der Waals surface area contributed by atoms with Crippen molar-refractivity contribution in [3.05, 3.63) is 12.2 Å². The van der Waals surface area contributed by atoms with E-state index in [9.17, 15) is 9.59 Å². The first-order valence-corrected chi connectivity index (χ1v) is 9.62. The van der Waals surface area contributed by atoms with Crippen molar-refractivity contribution in [2.45, 2.75) is 96.8 Å². The number of rotatable bonds is 17. The highest BCUT2D eigenvalue weighted by molar-refractivity contribution is 5.66. The van der Waals surface area contributed by atoms with Gasteiger partial charge in [-0.3, -0.25) is 9.59 Å². The Morgan fingerprint density at radius 3 is 1.75 bits per heavy atom. The Labute approximate surface area is 147 Å². The first-order chi connectivity index (χ1) is 11.5. The van der Waals surface area contributed by atoms with Crippen molar-refractivity contribution in [1.82, 2.24) is 0 Å². The molecule has 0 aliphatic heterocycles. The Bertz CT molecular complexity index is 350. The predicted molar refractivity (Wildman–Crippen MR) is 98.2 cm³/mol. The average Bonchev–Trinajstić information content (AvgIpc) is 2.51. The zero-order chi connectivity index (χ0) is 18.0. The fourth-order valence-electron chi connectivity index (χ4n) is 2.77. The van der Waals surface area contributed by atoms with Gasteiger partial charge in [-0.05, 0) is 38.0 Å². The second-order valence-corrected chi connectivity index (χ2v) is 6.81. The molecule has 0 aromatic rings. The van der Waals surface area contributed by atoms with Crippen LogP contribution in [0.3, 0.4) is 0 Å². The molecule has 1 atom stereocenters. The van der Waals surface area contributed by atoms with Gasteiger partial charge in [0.1, 0.15) is 0 Å². The molecule has 24 heavy (non-hydrogen) atoms. The van der Waals surface area contributed by atoms with Gasteiger partial charge in [-0.1, -0.05) is 64.0 Å². The largest absolute Gasteiger partial charge is 0.481 e. The highest BCUT2D eigenvalue weighted by Crippen LogP contribution is 2.14. The maximum atomic E-state index is 10.4. The molecule has 0 rings (SSSR count). The second-order valence-electron chi connectivity index (χ2n) is 6.81. The molecular weight excluding hydrogens is 304 g/mol. The van der Waals surface area contributed by atoms with Gasteiger partial charge < -0.3 is 10.2 Å². The van der Waals surface area contributed by atoms with E-state index >= 15 is 0 Å². The Balaban J connectivity index is 3.32. The highest BCUT2D eigenvalue weighted by Gasteiger charge is 1.99. The predicted octanol–water partition coefficient (Wildman–Crippen LogP) is 5.81. The molecule has 0 radical (unpaired) electrons. The third-order valence-corrected chi connectivity index (χ3v) is 4.28. The minimum atomic E-state index is -0.688. The van der Waals surface area contributed by atoms with Crippen molar-refractivity contribution in [3.63, 3.8) is 0 Å². The van der Waals surface area contributed by atoms with Crippen molar-refractivity contribution in [2.75, 3.05) is 0 Å². The molecule has 0 fully saturated rings. The molecule has 0 heterocycles. The van der Waals surface area contributed by atoms with Crippen LogP contribution in [-0.4, -0.2) is 22.2 Å². The molecule has 0 aliphatic carbocycles. The maximum Gasteiger partial charge on any atom is 0.303 e. The smallest absolute Gasteiger partial charge is 0.303 e. The fourth-order valence-corrected chi connectivity index (χ4v) is 2.77. The van der Waals surface area contributed by atoms with Crippen molar-refractivity contribution in [2.24, 2.45) is 5.92 Å². The van der Waals surface area contributed by atoms with E-state index < -0.39 is 11.9 Å². The van der Waals surface area contributed by atoms with E-state index in [1.54, 1.807) is 0 Å².